The van der Waals surface area contributed by atoms with E-state index in [9.17, 15) is 46.0 Å². The molecule has 20 unspecified atom stereocenters. The third-order valence-corrected chi connectivity index (χ3v) is 16.2. The first-order chi connectivity index (χ1) is 25.8. The van der Waals surface area contributed by atoms with E-state index in [0.717, 1.165) is 38.5 Å². The molecule has 9 N–H and O–H groups in total. The highest BCUT2D eigenvalue weighted by Gasteiger charge is 2.67. The van der Waals surface area contributed by atoms with Crippen molar-refractivity contribution in [1.82, 2.24) is 0 Å². The minimum absolute atomic E-state index is 0.0418. The van der Waals surface area contributed by atoms with Crippen molar-refractivity contribution in [1.29, 1.82) is 0 Å². The van der Waals surface area contributed by atoms with Gasteiger partial charge in [0.15, 0.2) is 12.6 Å². The Kier molecular flexibility index (Phi) is 13.0. The molecule has 0 aromatic rings. The lowest BCUT2D eigenvalue weighted by molar-refractivity contribution is -0.376. The molecule has 318 valence electrons. The SMILES string of the molecule is CC(C)=CCCC(C)(O)C1CCC2(C)C3CCC4C(C)(C)C(OC5OC(CO)C(O)C(O)C5OC5OC(CO)C(O)C(CO)C5O)CCC4(C)C3CC(O)C12. The number of rotatable bonds is 11. The number of aliphatic hydroxyl groups is 9. The second-order valence-electron chi connectivity index (χ2n) is 19.9. The Morgan fingerprint density at radius 3 is 2.02 bits per heavy atom. The molecule has 2 saturated heterocycles. The first kappa shape index (κ1) is 43.8. The third kappa shape index (κ3) is 7.64. The zero-order chi connectivity index (χ0) is 40.4. The van der Waals surface area contributed by atoms with Crippen LogP contribution in [0, 0.1) is 51.8 Å². The molecule has 6 fully saturated rings. The fourth-order valence-electron chi connectivity index (χ4n) is 13.2. The third-order valence-electron chi connectivity index (χ3n) is 16.2. The van der Waals surface area contributed by atoms with Gasteiger partial charge in [-0.15, -0.1) is 0 Å². The van der Waals surface area contributed by atoms with Crippen LogP contribution >= 0.6 is 0 Å². The lowest BCUT2D eigenvalue weighted by atomic mass is 9.39. The van der Waals surface area contributed by atoms with Gasteiger partial charge in [0.25, 0.3) is 0 Å². The Morgan fingerprint density at radius 1 is 0.745 bits per heavy atom. The molecular formula is C42H72O13. The summed E-state index contributed by atoms with van der Waals surface area (Å²) in [4.78, 5) is 0. The fraction of sp³-hybridized carbons (Fsp3) is 0.952. The Bertz CT molecular complexity index is 1340. The largest absolute Gasteiger partial charge is 0.396 e. The van der Waals surface area contributed by atoms with Gasteiger partial charge in [-0.2, -0.15) is 0 Å². The molecule has 0 bridgehead atoms. The van der Waals surface area contributed by atoms with Crippen LogP contribution in [0.25, 0.3) is 0 Å². The van der Waals surface area contributed by atoms with E-state index in [1.807, 2.05) is 6.92 Å². The van der Waals surface area contributed by atoms with Crippen molar-refractivity contribution in [2.75, 3.05) is 19.8 Å². The Balaban J connectivity index is 1.20. The summed E-state index contributed by atoms with van der Waals surface area (Å²) in [6.07, 6.45) is -3.80. The first-order valence-corrected chi connectivity index (χ1v) is 21.0. The molecule has 4 saturated carbocycles. The van der Waals surface area contributed by atoms with E-state index < -0.39 is 104 Å². The lowest BCUT2D eigenvalue weighted by Gasteiger charge is -2.66. The van der Waals surface area contributed by atoms with Crippen molar-refractivity contribution in [2.24, 2.45) is 51.8 Å². The number of allylic oxidation sites excluding steroid dienone is 2. The normalized spacial score (nSPS) is 50.7. The van der Waals surface area contributed by atoms with Gasteiger partial charge >= 0.3 is 0 Å². The molecule has 0 spiro atoms. The summed E-state index contributed by atoms with van der Waals surface area (Å²) in [5.41, 5.74) is -0.202. The van der Waals surface area contributed by atoms with Crippen molar-refractivity contribution in [3.05, 3.63) is 11.6 Å². The second-order valence-corrected chi connectivity index (χ2v) is 19.9. The van der Waals surface area contributed by atoms with Gasteiger partial charge in [0, 0.05) is 5.92 Å². The molecule has 2 aliphatic heterocycles. The van der Waals surface area contributed by atoms with Crippen LogP contribution in [0.5, 0.6) is 0 Å². The molecule has 2 heterocycles. The summed E-state index contributed by atoms with van der Waals surface area (Å²) < 4.78 is 24.6. The van der Waals surface area contributed by atoms with Gasteiger partial charge in [0.2, 0.25) is 0 Å². The molecule has 0 aromatic heterocycles. The standard InChI is InChI=1S/C42H72O13/c1-21(2)9-8-14-42(7,51)24-12-15-41(6)23-10-11-29-39(3,4)30(13-16-40(29,5)25(23)17-26(46)31(24)41)54-38-36(35(50)34(49)28(20-45)53-38)55-37-33(48)22(18-43)32(47)27(19-44)52-37/h9,22-38,43-51H,8,10-20H2,1-7H3. The summed E-state index contributed by atoms with van der Waals surface area (Å²) >= 11 is 0. The summed E-state index contributed by atoms with van der Waals surface area (Å²) in [7, 11) is 0. The van der Waals surface area contributed by atoms with Crippen molar-refractivity contribution in [2.45, 2.75) is 179 Å². The van der Waals surface area contributed by atoms with Gasteiger partial charge in [0.05, 0.1) is 43.7 Å². The topological polar surface area (TPSA) is 219 Å². The van der Waals surface area contributed by atoms with E-state index in [4.69, 9.17) is 18.9 Å². The van der Waals surface area contributed by atoms with E-state index in [1.165, 1.54) is 5.57 Å². The molecule has 13 nitrogen and oxygen atoms in total. The maximum absolute atomic E-state index is 12.1. The number of hydrogen-bond acceptors (Lipinski definition) is 13. The Labute approximate surface area is 327 Å². The van der Waals surface area contributed by atoms with Gasteiger partial charge < -0.3 is 64.9 Å². The molecule has 4 aliphatic carbocycles. The molecule has 0 aromatic carbocycles. The van der Waals surface area contributed by atoms with Crippen LogP contribution in [0.2, 0.25) is 0 Å². The average Bonchev–Trinajstić information content (AvgIpc) is 3.50. The highest BCUT2D eigenvalue weighted by atomic mass is 16.8. The van der Waals surface area contributed by atoms with Crippen molar-refractivity contribution in [3.63, 3.8) is 0 Å². The van der Waals surface area contributed by atoms with E-state index in [1.54, 1.807) is 0 Å². The van der Waals surface area contributed by atoms with Crippen LogP contribution in [0.1, 0.15) is 106 Å². The van der Waals surface area contributed by atoms with Crippen LogP contribution in [0.15, 0.2) is 11.6 Å². The smallest absolute Gasteiger partial charge is 0.187 e. The number of fused-ring (bicyclic) bond motifs is 5. The fourth-order valence-corrected chi connectivity index (χ4v) is 13.2. The zero-order valence-corrected chi connectivity index (χ0v) is 34.0. The van der Waals surface area contributed by atoms with Crippen molar-refractivity contribution >= 4 is 0 Å². The molecule has 13 heteroatoms. The van der Waals surface area contributed by atoms with Gasteiger partial charge in [0.1, 0.15) is 36.6 Å². The zero-order valence-electron chi connectivity index (χ0n) is 34.0. The van der Waals surface area contributed by atoms with Gasteiger partial charge in [-0.3, -0.25) is 0 Å². The van der Waals surface area contributed by atoms with E-state index in [2.05, 4.69) is 47.6 Å². The highest BCUT2D eigenvalue weighted by Crippen LogP contribution is 2.71. The first-order valence-electron chi connectivity index (χ1n) is 21.0. The summed E-state index contributed by atoms with van der Waals surface area (Å²) in [5, 5.41) is 97.4. The summed E-state index contributed by atoms with van der Waals surface area (Å²) in [6.45, 7) is 13.5. The van der Waals surface area contributed by atoms with Crippen LogP contribution < -0.4 is 0 Å². The Hall–Kier alpha value is -0.780. The molecule has 20 atom stereocenters. The highest BCUT2D eigenvalue weighted by molar-refractivity contribution is 5.16. The molecule has 6 aliphatic rings. The van der Waals surface area contributed by atoms with Gasteiger partial charge in [-0.05, 0) is 124 Å². The molecule has 6 rings (SSSR count). The quantitative estimate of drug-likeness (QED) is 0.108. The Morgan fingerprint density at radius 2 is 1.38 bits per heavy atom. The van der Waals surface area contributed by atoms with Crippen LogP contribution in [-0.2, 0) is 18.9 Å². The average molecular weight is 785 g/mol. The van der Waals surface area contributed by atoms with Gasteiger partial charge in [-0.25, -0.2) is 0 Å². The summed E-state index contributed by atoms with van der Waals surface area (Å²) in [5.74, 6) is -0.106. The van der Waals surface area contributed by atoms with Crippen LogP contribution in [0.4, 0.5) is 0 Å². The number of ether oxygens (including phenoxy) is 4. The maximum Gasteiger partial charge on any atom is 0.187 e. The lowest BCUT2D eigenvalue weighted by Crippen LogP contribution is -2.66. The minimum Gasteiger partial charge on any atom is -0.396 e. The molecule has 0 amide bonds. The monoisotopic (exact) mass is 784 g/mol. The van der Waals surface area contributed by atoms with E-state index in [0.29, 0.717) is 25.2 Å². The van der Waals surface area contributed by atoms with Crippen LogP contribution in [0.3, 0.4) is 0 Å². The molecule has 55 heavy (non-hydrogen) atoms. The molecular weight excluding hydrogens is 712 g/mol. The number of hydrogen-bond donors (Lipinski definition) is 9. The maximum atomic E-state index is 12.1. The predicted octanol–water partition coefficient (Wildman–Crippen LogP) is 2.01. The summed E-state index contributed by atoms with van der Waals surface area (Å²) in [6, 6.07) is 0. The predicted molar refractivity (Wildman–Crippen MR) is 201 cm³/mol. The number of aliphatic hydroxyl groups excluding tert-OH is 8. The van der Waals surface area contributed by atoms with Crippen molar-refractivity contribution in [3.8, 4) is 0 Å². The van der Waals surface area contributed by atoms with E-state index in [-0.39, 0.29) is 34.5 Å². The van der Waals surface area contributed by atoms with Crippen LogP contribution in [-0.4, -0.2) is 139 Å². The van der Waals surface area contributed by atoms with Crippen molar-refractivity contribution < 1.29 is 64.9 Å². The second kappa shape index (κ2) is 16.3. The van der Waals surface area contributed by atoms with Gasteiger partial charge in [-0.1, -0.05) is 39.3 Å². The molecule has 0 radical (unpaired) electrons. The minimum atomic E-state index is -1.62. The van der Waals surface area contributed by atoms with E-state index >= 15 is 0 Å².